The summed E-state index contributed by atoms with van der Waals surface area (Å²) in [4.78, 5) is 11.5. The maximum atomic E-state index is 13.1. The highest BCUT2D eigenvalue weighted by atomic mass is 79.9. The maximum absolute atomic E-state index is 13.1. The number of halogens is 4. The lowest BCUT2D eigenvalue weighted by Crippen LogP contribution is -2.40. The molecule has 2 rings (SSSR count). The molecule has 1 aliphatic rings. The zero-order chi connectivity index (χ0) is 16.9. The smallest absolute Gasteiger partial charge is 0.429 e. The number of rotatable bonds is 1. The van der Waals surface area contributed by atoms with Crippen LogP contribution in [-0.4, -0.2) is 18.1 Å². The first-order chi connectivity index (χ1) is 9.91. The fraction of sp³-hybridized carbons (Fsp3) is 0.438. The number of carbonyl (C=O) groups excluding carboxylic acids is 1. The molecule has 1 heterocycles. The summed E-state index contributed by atoms with van der Waals surface area (Å²) in [5.74, 6) is -0.510. The van der Waals surface area contributed by atoms with Crippen LogP contribution in [0.4, 0.5) is 13.2 Å². The van der Waals surface area contributed by atoms with Crippen LogP contribution in [0.2, 0.25) is 0 Å². The quantitative estimate of drug-likeness (QED) is 0.685. The van der Waals surface area contributed by atoms with E-state index in [4.69, 9.17) is 4.74 Å². The number of fused-ring (bicyclic) bond motifs is 1. The van der Waals surface area contributed by atoms with E-state index >= 15 is 0 Å². The lowest BCUT2D eigenvalue weighted by atomic mass is 9.85. The number of carbonyl (C=O) groups is 1. The molecule has 0 aliphatic carbocycles. The summed E-state index contributed by atoms with van der Waals surface area (Å²) in [5, 5.41) is 0. The predicted octanol–water partition coefficient (Wildman–Crippen LogP) is 5.04. The molecule has 2 nitrogen and oxygen atoms in total. The van der Waals surface area contributed by atoms with Crippen molar-refractivity contribution in [2.45, 2.75) is 45.4 Å². The van der Waals surface area contributed by atoms with Crippen molar-refractivity contribution in [1.29, 1.82) is 0 Å². The standard InChI is InChI=1S/C16H16BrF3O2/c1-8(21)10-5-9-6-12(17)11(15(2,3)4)7-13(9)22-14(10)16(18,19)20/h5-7,14H,1-4H3. The number of benzene rings is 1. The zero-order valence-corrected chi connectivity index (χ0v) is 14.2. The van der Waals surface area contributed by atoms with Gasteiger partial charge in [0.25, 0.3) is 0 Å². The number of hydrogen-bond donors (Lipinski definition) is 0. The Bertz CT molecular complexity index is 655. The van der Waals surface area contributed by atoms with Crippen LogP contribution in [0.25, 0.3) is 6.08 Å². The van der Waals surface area contributed by atoms with Crippen molar-refractivity contribution in [3.05, 3.63) is 33.3 Å². The van der Waals surface area contributed by atoms with Crippen LogP contribution in [0.15, 0.2) is 22.2 Å². The minimum atomic E-state index is -4.63. The van der Waals surface area contributed by atoms with Crippen molar-refractivity contribution in [3.63, 3.8) is 0 Å². The van der Waals surface area contributed by atoms with Crippen LogP contribution in [0, 0.1) is 0 Å². The maximum Gasteiger partial charge on any atom is 0.429 e. The summed E-state index contributed by atoms with van der Waals surface area (Å²) in [6, 6.07) is 3.29. The number of hydrogen-bond acceptors (Lipinski definition) is 2. The highest BCUT2D eigenvalue weighted by Gasteiger charge is 2.47. The molecule has 0 fully saturated rings. The van der Waals surface area contributed by atoms with E-state index in [0.29, 0.717) is 5.56 Å². The van der Waals surface area contributed by atoms with Gasteiger partial charge in [0.05, 0.1) is 0 Å². The van der Waals surface area contributed by atoms with Crippen LogP contribution in [-0.2, 0) is 10.2 Å². The summed E-state index contributed by atoms with van der Waals surface area (Å²) < 4.78 is 45.3. The van der Waals surface area contributed by atoms with E-state index in [2.05, 4.69) is 15.9 Å². The highest BCUT2D eigenvalue weighted by Crippen LogP contribution is 2.42. The highest BCUT2D eigenvalue weighted by molar-refractivity contribution is 9.10. The molecule has 1 unspecified atom stereocenters. The van der Waals surface area contributed by atoms with E-state index in [-0.39, 0.29) is 16.7 Å². The van der Waals surface area contributed by atoms with Gasteiger partial charge in [-0.25, -0.2) is 0 Å². The first-order valence-electron chi connectivity index (χ1n) is 6.71. The Morgan fingerprint density at radius 3 is 2.27 bits per heavy atom. The van der Waals surface area contributed by atoms with E-state index in [0.717, 1.165) is 17.0 Å². The Balaban J connectivity index is 2.61. The molecule has 6 heteroatoms. The molecule has 1 aromatic carbocycles. The van der Waals surface area contributed by atoms with Crippen LogP contribution < -0.4 is 4.74 Å². The minimum Gasteiger partial charge on any atom is -0.475 e. The Kier molecular flexibility index (Phi) is 4.19. The van der Waals surface area contributed by atoms with Crippen molar-refractivity contribution in [2.75, 3.05) is 0 Å². The van der Waals surface area contributed by atoms with Gasteiger partial charge in [-0.05, 0) is 36.1 Å². The lowest BCUT2D eigenvalue weighted by molar-refractivity contribution is -0.184. The van der Waals surface area contributed by atoms with Gasteiger partial charge in [-0.2, -0.15) is 13.2 Å². The third-order valence-electron chi connectivity index (χ3n) is 3.45. The summed E-state index contributed by atoms with van der Waals surface area (Å²) in [7, 11) is 0. The first kappa shape index (κ1) is 17.1. The lowest BCUT2D eigenvalue weighted by Gasteiger charge is -2.30. The molecule has 0 saturated heterocycles. The average molecular weight is 377 g/mol. The molecule has 1 aromatic rings. The van der Waals surface area contributed by atoms with Crippen LogP contribution in [0.3, 0.4) is 0 Å². The largest absolute Gasteiger partial charge is 0.475 e. The molecule has 0 bridgehead atoms. The SMILES string of the molecule is CC(=O)C1=Cc2cc(Br)c(C(C)(C)C)cc2OC1C(F)(F)F. The molecular formula is C16H16BrF3O2. The van der Waals surface area contributed by atoms with Gasteiger partial charge in [-0.3, -0.25) is 4.79 Å². The third kappa shape index (κ3) is 3.21. The second kappa shape index (κ2) is 5.41. The van der Waals surface area contributed by atoms with E-state index in [1.807, 2.05) is 20.8 Å². The fourth-order valence-electron chi connectivity index (χ4n) is 2.32. The molecule has 1 atom stereocenters. The summed E-state index contributed by atoms with van der Waals surface area (Å²) in [6.07, 6.45) is -5.59. The van der Waals surface area contributed by atoms with Gasteiger partial charge in [-0.15, -0.1) is 0 Å². The number of alkyl halides is 3. The van der Waals surface area contributed by atoms with Gasteiger partial charge in [0.2, 0.25) is 6.10 Å². The van der Waals surface area contributed by atoms with E-state index in [1.165, 1.54) is 6.08 Å². The first-order valence-corrected chi connectivity index (χ1v) is 7.50. The molecule has 0 aromatic heterocycles. The third-order valence-corrected chi connectivity index (χ3v) is 4.11. The Morgan fingerprint density at radius 1 is 1.23 bits per heavy atom. The van der Waals surface area contributed by atoms with Gasteiger partial charge in [0.1, 0.15) is 5.75 Å². The van der Waals surface area contributed by atoms with E-state index in [1.54, 1.807) is 12.1 Å². The van der Waals surface area contributed by atoms with Gasteiger partial charge >= 0.3 is 6.18 Å². The normalized spacial score (nSPS) is 18.4. The van der Waals surface area contributed by atoms with Gasteiger partial charge < -0.3 is 4.74 Å². The number of Topliss-reactive ketones (excluding diaryl/α,β-unsaturated/α-hetero) is 1. The van der Waals surface area contributed by atoms with Gasteiger partial charge in [-0.1, -0.05) is 36.7 Å². The Morgan fingerprint density at radius 2 is 1.82 bits per heavy atom. The molecule has 0 amide bonds. The topological polar surface area (TPSA) is 26.3 Å². The Labute approximate surface area is 135 Å². The number of ketones is 1. The molecule has 120 valence electrons. The molecular weight excluding hydrogens is 361 g/mol. The summed E-state index contributed by atoms with van der Waals surface area (Å²) in [5.41, 5.74) is 0.669. The average Bonchev–Trinajstić information content (AvgIpc) is 2.33. The fourth-order valence-corrected chi connectivity index (χ4v) is 3.28. The van der Waals surface area contributed by atoms with Gasteiger partial charge in [0, 0.05) is 15.6 Å². The van der Waals surface area contributed by atoms with Crippen LogP contribution >= 0.6 is 15.9 Å². The van der Waals surface area contributed by atoms with Crippen molar-refractivity contribution in [3.8, 4) is 5.75 Å². The minimum absolute atomic E-state index is 0.139. The van der Waals surface area contributed by atoms with Crippen LogP contribution in [0.5, 0.6) is 5.75 Å². The second-order valence-electron chi connectivity index (χ2n) is 6.32. The number of ether oxygens (including phenoxy) is 1. The van der Waals surface area contributed by atoms with Crippen molar-refractivity contribution < 1.29 is 22.7 Å². The van der Waals surface area contributed by atoms with Crippen molar-refractivity contribution >= 4 is 27.8 Å². The second-order valence-corrected chi connectivity index (χ2v) is 7.17. The molecule has 1 aliphatic heterocycles. The monoisotopic (exact) mass is 376 g/mol. The predicted molar refractivity (Wildman–Crippen MR) is 82.0 cm³/mol. The van der Waals surface area contributed by atoms with E-state index < -0.39 is 18.1 Å². The zero-order valence-electron chi connectivity index (χ0n) is 12.6. The summed E-state index contributed by atoms with van der Waals surface area (Å²) in [6.45, 7) is 6.98. The van der Waals surface area contributed by atoms with Crippen molar-refractivity contribution in [2.24, 2.45) is 0 Å². The molecule has 0 N–H and O–H groups in total. The Hall–Kier alpha value is -1.30. The van der Waals surface area contributed by atoms with Crippen molar-refractivity contribution in [1.82, 2.24) is 0 Å². The summed E-state index contributed by atoms with van der Waals surface area (Å²) >= 11 is 3.43. The molecule has 22 heavy (non-hydrogen) atoms. The molecule has 0 saturated carbocycles. The van der Waals surface area contributed by atoms with Crippen LogP contribution in [0.1, 0.15) is 38.8 Å². The molecule has 0 spiro atoms. The van der Waals surface area contributed by atoms with Gasteiger partial charge in [0.15, 0.2) is 5.78 Å². The van der Waals surface area contributed by atoms with E-state index in [9.17, 15) is 18.0 Å². The molecule has 0 radical (unpaired) electrons.